The van der Waals surface area contributed by atoms with E-state index in [2.05, 4.69) is 27.2 Å². The first-order chi connectivity index (χ1) is 13.0. The molecule has 0 unspecified atom stereocenters. The summed E-state index contributed by atoms with van der Waals surface area (Å²) in [6.45, 7) is 0.503. The summed E-state index contributed by atoms with van der Waals surface area (Å²) in [6, 6.07) is 0.942. The number of thiophene rings is 1. The molecule has 0 saturated heterocycles. The Hall–Kier alpha value is -1.73. The number of amides is 1. The van der Waals surface area contributed by atoms with Crippen LogP contribution in [-0.2, 0) is 17.6 Å². The van der Waals surface area contributed by atoms with Gasteiger partial charge in [-0.15, -0.1) is 11.3 Å². The van der Waals surface area contributed by atoms with Gasteiger partial charge in [0.2, 0.25) is 5.91 Å². The van der Waals surface area contributed by atoms with Crippen LogP contribution in [0.3, 0.4) is 0 Å². The largest absolute Gasteiger partial charge is 0.367 e. The first kappa shape index (κ1) is 18.6. The second kappa shape index (κ2) is 7.72. The third kappa shape index (κ3) is 3.80. The van der Waals surface area contributed by atoms with Gasteiger partial charge in [-0.2, -0.15) is 0 Å². The molecule has 7 heteroatoms. The molecule has 0 bridgehead atoms. The lowest BCUT2D eigenvalue weighted by molar-refractivity contribution is -0.130. The number of carbonyl (C=O) groups excluding carboxylic acids is 1. The molecule has 1 saturated carbocycles. The van der Waals surface area contributed by atoms with Gasteiger partial charge in [-0.05, 0) is 57.6 Å². The number of fused-ring (bicyclic) bond motifs is 3. The predicted octanol–water partition coefficient (Wildman–Crippen LogP) is 2.92. The lowest BCUT2D eigenvalue weighted by Gasteiger charge is -2.35. The Morgan fingerprint density at radius 3 is 2.70 bits per heavy atom. The van der Waals surface area contributed by atoms with E-state index in [0.29, 0.717) is 18.6 Å². The van der Waals surface area contributed by atoms with Crippen molar-refractivity contribution in [3.8, 4) is 0 Å². The van der Waals surface area contributed by atoms with E-state index in [1.165, 1.54) is 28.7 Å². The van der Waals surface area contributed by atoms with Crippen LogP contribution in [0.15, 0.2) is 6.33 Å². The molecular weight excluding hydrogens is 358 g/mol. The molecule has 2 aliphatic rings. The van der Waals surface area contributed by atoms with Crippen molar-refractivity contribution in [3.05, 3.63) is 16.8 Å². The Morgan fingerprint density at radius 1 is 1.19 bits per heavy atom. The summed E-state index contributed by atoms with van der Waals surface area (Å²) in [5.74, 6) is 1.20. The smallest absolute Gasteiger partial charge is 0.236 e. The molecule has 4 rings (SSSR count). The minimum Gasteiger partial charge on any atom is -0.367 e. The van der Waals surface area contributed by atoms with Gasteiger partial charge >= 0.3 is 0 Å². The zero-order chi connectivity index (χ0) is 19.0. The predicted molar refractivity (Wildman–Crippen MR) is 110 cm³/mol. The van der Waals surface area contributed by atoms with Crippen LogP contribution in [0.25, 0.3) is 10.2 Å². The van der Waals surface area contributed by atoms with Gasteiger partial charge in [-0.1, -0.05) is 0 Å². The fraction of sp³-hybridized carbons (Fsp3) is 0.650. The van der Waals surface area contributed by atoms with Gasteiger partial charge in [0.05, 0.1) is 11.9 Å². The minimum absolute atomic E-state index is 0.174. The maximum atomic E-state index is 12.0. The van der Waals surface area contributed by atoms with E-state index in [1.54, 1.807) is 11.2 Å². The van der Waals surface area contributed by atoms with Crippen LogP contribution < -0.4 is 5.32 Å². The van der Waals surface area contributed by atoms with Crippen molar-refractivity contribution >= 4 is 33.3 Å². The number of hydrogen-bond donors (Lipinski definition) is 1. The maximum absolute atomic E-state index is 12.0. The number of aryl methyl sites for hydroxylation is 2. The zero-order valence-electron chi connectivity index (χ0n) is 16.5. The Kier molecular flexibility index (Phi) is 5.32. The minimum atomic E-state index is 0.174. The van der Waals surface area contributed by atoms with Gasteiger partial charge < -0.3 is 10.2 Å². The number of nitrogens with zero attached hydrogens (tertiary/aromatic N) is 4. The summed E-state index contributed by atoms with van der Waals surface area (Å²) in [5.41, 5.74) is 1.48. The Morgan fingerprint density at radius 2 is 1.96 bits per heavy atom. The molecule has 0 radical (unpaired) electrons. The molecule has 0 aliphatic heterocycles. The maximum Gasteiger partial charge on any atom is 0.236 e. The molecule has 1 amide bonds. The van der Waals surface area contributed by atoms with Crippen molar-refractivity contribution < 1.29 is 4.79 Å². The molecule has 0 aromatic carbocycles. The van der Waals surface area contributed by atoms with E-state index in [9.17, 15) is 4.79 Å². The third-order valence-electron chi connectivity index (χ3n) is 6.05. The number of anilines is 1. The fourth-order valence-corrected chi connectivity index (χ4v) is 5.61. The van der Waals surface area contributed by atoms with Crippen LogP contribution in [0, 0.1) is 0 Å². The number of rotatable bonds is 5. The Bertz CT molecular complexity index is 825. The highest BCUT2D eigenvalue weighted by atomic mass is 32.1. The number of likely N-dealkylation sites (N-methyl/N-ethyl adjacent to an activating group) is 2. The van der Waals surface area contributed by atoms with Crippen molar-refractivity contribution in [2.45, 2.75) is 57.0 Å². The van der Waals surface area contributed by atoms with E-state index < -0.39 is 0 Å². The van der Waals surface area contributed by atoms with Gasteiger partial charge in [0.15, 0.2) is 0 Å². The SMILES string of the molecule is CN(C)C(=O)CN(C)C1CCC(Nc2ncnc3sc4c(c23)CCC4)CC1. The molecule has 146 valence electrons. The van der Waals surface area contributed by atoms with Gasteiger partial charge in [-0.3, -0.25) is 9.69 Å². The van der Waals surface area contributed by atoms with Gasteiger partial charge in [0.25, 0.3) is 0 Å². The van der Waals surface area contributed by atoms with E-state index in [4.69, 9.17) is 0 Å². The zero-order valence-corrected chi connectivity index (χ0v) is 17.3. The first-order valence-corrected chi connectivity index (χ1v) is 10.8. The van der Waals surface area contributed by atoms with Gasteiger partial charge in [0, 0.05) is 31.1 Å². The standard InChI is InChI=1S/C20H29N5OS/c1-24(2)17(26)11-25(3)14-9-7-13(8-10-14)23-19-18-15-5-4-6-16(15)27-20(18)22-12-21-19/h12-14H,4-11H2,1-3H3,(H,21,22,23). The normalized spacial score (nSPS) is 22.2. The lowest BCUT2D eigenvalue weighted by Crippen LogP contribution is -2.43. The monoisotopic (exact) mass is 387 g/mol. The molecule has 2 heterocycles. The third-order valence-corrected chi connectivity index (χ3v) is 7.25. The molecule has 2 aliphatic carbocycles. The van der Waals surface area contributed by atoms with Crippen molar-refractivity contribution in [3.63, 3.8) is 0 Å². The average molecular weight is 388 g/mol. The highest BCUT2D eigenvalue weighted by Gasteiger charge is 2.27. The van der Waals surface area contributed by atoms with E-state index >= 15 is 0 Å². The van der Waals surface area contributed by atoms with Gasteiger partial charge in [0.1, 0.15) is 17.0 Å². The second-order valence-corrected chi connectivity index (χ2v) is 9.20. The van der Waals surface area contributed by atoms with Crippen LogP contribution in [0.5, 0.6) is 0 Å². The molecule has 27 heavy (non-hydrogen) atoms. The van der Waals surface area contributed by atoms with E-state index in [0.717, 1.165) is 42.8 Å². The van der Waals surface area contributed by atoms with Crippen molar-refractivity contribution in [2.75, 3.05) is 33.0 Å². The van der Waals surface area contributed by atoms with Crippen LogP contribution in [0.4, 0.5) is 5.82 Å². The summed E-state index contributed by atoms with van der Waals surface area (Å²) in [5, 5.41) is 4.99. The summed E-state index contributed by atoms with van der Waals surface area (Å²) in [4.78, 5) is 27.6. The van der Waals surface area contributed by atoms with Crippen LogP contribution in [0.1, 0.15) is 42.5 Å². The first-order valence-electron chi connectivity index (χ1n) is 9.95. The molecule has 2 aromatic heterocycles. The number of aromatic nitrogens is 2. The highest BCUT2D eigenvalue weighted by molar-refractivity contribution is 7.19. The molecule has 1 N–H and O–H groups in total. The van der Waals surface area contributed by atoms with Crippen LogP contribution in [-0.4, -0.2) is 65.4 Å². The Balaban J connectivity index is 1.39. The van der Waals surface area contributed by atoms with Crippen LogP contribution >= 0.6 is 11.3 Å². The Labute approximate surface area is 165 Å². The van der Waals surface area contributed by atoms with Gasteiger partial charge in [-0.25, -0.2) is 9.97 Å². The topological polar surface area (TPSA) is 61.4 Å². The quantitative estimate of drug-likeness (QED) is 0.855. The molecular formula is C20H29N5OS. The summed E-state index contributed by atoms with van der Waals surface area (Å²) < 4.78 is 0. The molecule has 0 atom stereocenters. The summed E-state index contributed by atoms with van der Waals surface area (Å²) in [6.07, 6.45) is 9.77. The second-order valence-electron chi connectivity index (χ2n) is 8.11. The molecule has 0 spiro atoms. The summed E-state index contributed by atoms with van der Waals surface area (Å²) >= 11 is 1.84. The van der Waals surface area contributed by atoms with Crippen molar-refractivity contribution in [2.24, 2.45) is 0 Å². The molecule has 6 nitrogen and oxygen atoms in total. The van der Waals surface area contributed by atoms with Crippen molar-refractivity contribution in [1.29, 1.82) is 0 Å². The van der Waals surface area contributed by atoms with Crippen LogP contribution in [0.2, 0.25) is 0 Å². The number of hydrogen-bond acceptors (Lipinski definition) is 6. The fourth-order valence-electron chi connectivity index (χ4n) is 4.38. The number of carbonyl (C=O) groups is 1. The average Bonchev–Trinajstić information content (AvgIpc) is 3.23. The number of nitrogens with one attached hydrogen (secondary N) is 1. The van der Waals surface area contributed by atoms with E-state index in [-0.39, 0.29) is 5.91 Å². The summed E-state index contributed by atoms with van der Waals surface area (Å²) in [7, 11) is 5.71. The molecule has 2 aromatic rings. The lowest BCUT2D eigenvalue weighted by atomic mass is 9.90. The van der Waals surface area contributed by atoms with E-state index in [1.807, 2.05) is 25.4 Å². The van der Waals surface area contributed by atoms with Crippen molar-refractivity contribution in [1.82, 2.24) is 19.8 Å². The molecule has 1 fully saturated rings. The highest BCUT2D eigenvalue weighted by Crippen LogP contribution is 2.39.